The van der Waals surface area contributed by atoms with Crippen molar-refractivity contribution in [1.82, 2.24) is 19.8 Å². The molecule has 2 aromatic carbocycles. The van der Waals surface area contributed by atoms with Crippen molar-refractivity contribution < 1.29 is 4.79 Å². The normalized spacial score (nSPS) is 16.9. The molecule has 0 aliphatic carbocycles. The molecule has 0 bridgehead atoms. The van der Waals surface area contributed by atoms with Crippen LogP contribution in [0.2, 0.25) is 5.02 Å². The summed E-state index contributed by atoms with van der Waals surface area (Å²) in [5, 5.41) is 7.80. The van der Waals surface area contributed by atoms with Gasteiger partial charge in [-0.25, -0.2) is 0 Å². The third-order valence-corrected chi connectivity index (χ3v) is 7.79. The largest absolute Gasteiger partial charge is 0.352 e. The van der Waals surface area contributed by atoms with E-state index in [1.54, 1.807) is 6.20 Å². The number of thiocarbonyl (C=S) groups is 1. The highest BCUT2D eigenvalue weighted by Gasteiger charge is 2.42. The summed E-state index contributed by atoms with van der Waals surface area (Å²) in [6.07, 6.45) is 2.10. The van der Waals surface area contributed by atoms with Crippen LogP contribution in [0.15, 0.2) is 79.0 Å². The molecule has 6 nitrogen and oxygen atoms in total. The lowest BCUT2D eigenvalue weighted by Gasteiger charge is -2.29. The average Bonchev–Trinajstić information content (AvgIpc) is 3.35. The summed E-state index contributed by atoms with van der Waals surface area (Å²) in [5.41, 5.74) is 7.30. The molecule has 0 unspecified atom stereocenters. The quantitative estimate of drug-likeness (QED) is 0.262. The number of rotatable bonds is 7. The van der Waals surface area contributed by atoms with Crippen molar-refractivity contribution in [1.29, 1.82) is 0 Å². The first kappa shape index (κ1) is 25.9. The van der Waals surface area contributed by atoms with Gasteiger partial charge >= 0.3 is 0 Å². The van der Waals surface area contributed by atoms with Gasteiger partial charge in [-0.15, -0.1) is 0 Å². The number of carbonyl (C=O) groups excluding carboxylic acids is 1. The number of hydrogen-bond acceptors (Lipinski definition) is 3. The summed E-state index contributed by atoms with van der Waals surface area (Å²) in [5.74, 6) is -0.0554. The fourth-order valence-electron chi connectivity index (χ4n) is 5.37. The lowest BCUT2D eigenvalue weighted by atomic mass is 9.93. The second-order valence-electron chi connectivity index (χ2n) is 9.51. The zero-order valence-corrected chi connectivity index (χ0v) is 23.2. The Morgan fingerprint density at radius 3 is 2.50 bits per heavy atom. The molecule has 8 heteroatoms. The third-order valence-electron chi connectivity index (χ3n) is 7.20. The van der Waals surface area contributed by atoms with E-state index < -0.39 is 0 Å². The zero-order chi connectivity index (χ0) is 26.8. The second-order valence-corrected chi connectivity index (χ2v) is 10.3. The predicted octanol–water partition coefficient (Wildman–Crippen LogP) is 6.45. The average molecular weight is 544 g/mol. The van der Waals surface area contributed by atoms with Gasteiger partial charge in [0.2, 0.25) is 5.91 Å². The number of amides is 1. The van der Waals surface area contributed by atoms with Gasteiger partial charge < -0.3 is 20.1 Å². The van der Waals surface area contributed by atoms with Crippen molar-refractivity contribution in [3.63, 3.8) is 0 Å². The number of para-hydroxylation sites is 1. The maximum Gasteiger partial charge on any atom is 0.226 e. The van der Waals surface area contributed by atoms with Crippen LogP contribution in [0.4, 0.5) is 5.69 Å². The van der Waals surface area contributed by atoms with Gasteiger partial charge in [0.25, 0.3) is 0 Å². The number of aromatic nitrogens is 2. The molecule has 0 radical (unpaired) electrons. The van der Waals surface area contributed by atoms with Gasteiger partial charge in [-0.05, 0) is 81.0 Å². The lowest BCUT2D eigenvalue weighted by molar-refractivity contribution is -0.116. The fraction of sp³-hybridized carbons (Fsp3) is 0.233. The zero-order valence-electron chi connectivity index (χ0n) is 21.6. The molecular weight excluding hydrogens is 514 g/mol. The van der Waals surface area contributed by atoms with Crippen LogP contribution in [0.1, 0.15) is 46.7 Å². The lowest BCUT2D eigenvalue weighted by Crippen LogP contribution is -2.33. The van der Waals surface area contributed by atoms with Crippen molar-refractivity contribution >= 4 is 40.5 Å². The molecule has 2 aromatic heterocycles. The van der Waals surface area contributed by atoms with E-state index in [0.717, 1.165) is 28.5 Å². The van der Waals surface area contributed by atoms with Crippen LogP contribution < -0.4 is 10.6 Å². The van der Waals surface area contributed by atoms with Gasteiger partial charge in [-0.3, -0.25) is 9.78 Å². The molecule has 3 heterocycles. The van der Waals surface area contributed by atoms with Gasteiger partial charge in [-0.2, -0.15) is 0 Å². The molecule has 2 N–H and O–H groups in total. The highest BCUT2D eigenvalue weighted by Crippen LogP contribution is 2.43. The SMILES string of the molecule is Cc1c([C@H]2[C@@H](c3ccccn3)NC(=S)N2CCC(=O)Nc2ccccc2)c(C)n(-c2cccc(Cl)c2)c1C. The number of nitrogens with one attached hydrogen (secondary N) is 2. The number of hydrogen-bond donors (Lipinski definition) is 2. The molecule has 1 saturated heterocycles. The minimum Gasteiger partial charge on any atom is -0.352 e. The smallest absolute Gasteiger partial charge is 0.226 e. The molecule has 4 aromatic rings. The maximum atomic E-state index is 12.8. The number of nitrogens with zero attached hydrogens (tertiary/aromatic N) is 3. The van der Waals surface area contributed by atoms with E-state index >= 15 is 0 Å². The molecule has 1 fully saturated rings. The van der Waals surface area contributed by atoms with Gasteiger partial charge in [0.05, 0.1) is 17.8 Å². The maximum absolute atomic E-state index is 12.8. The Labute approximate surface area is 233 Å². The van der Waals surface area contributed by atoms with Crippen molar-refractivity contribution in [3.8, 4) is 5.69 Å². The second kappa shape index (κ2) is 11.0. The molecule has 1 aliphatic rings. The third kappa shape index (κ3) is 5.04. The number of pyridine rings is 1. The van der Waals surface area contributed by atoms with Crippen molar-refractivity contribution in [2.75, 3.05) is 11.9 Å². The summed E-state index contributed by atoms with van der Waals surface area (Å²) in [6.45, 7) is 6.88. The minimum atomic E-state index is -0.159. The van der Waals surface area contributed by atoms with Crippen LogP contribution >= 0.6 is 23.8 Å². The van der Waals surface area contributed by atoms with E-state index in [1.165, 1.54) is 11.1 Å². The van der Waals surface area contributed by atoms with Crippen LogP contribution in [-0.2, 0) is 4.79 Å². The first-order chi connectivity index (χ1) is 18.3. The van der Waals surface area contributed by atoms with E-state index in [-0.39, 0.29) is 18.0 Å². The number of halogens is 1. The molecular formula is C30H30ClN5OS. The van der Waals surface area contributed by atoms with Gasteiger partial charge in [0, 0.05) is 52.5 Å². The Morgan fingerprint density at radius 2 is 1.79 bits per heavy atom. The van der Waals surface area contributed by atoms with Crippen LogP contribution in [0, 0.1) is 20.8 Å². The van der Waals surface area contributed by atoms with Crippen LogP contribution in [0.5, 0.6) is 0 Å². The van der Waals surface area contributed by atoms with E-state index in [0.29, 0.717) is 23.1 Å². The first-order valence-corrected chi connectivity index (χ1v) is 13.4. The molecule has 38 heavy (non-hydrogen) atoms. The Morgan fingerprint density at radius 1 is 1.03 bits per heavy atom. The van der Waals surface area contributed by atoms with Crippen LogP contribution in [0.3, 0.4) is 0 Å². The van der Waals surface area contributed by atoms with E-state index in [1.807, 2.05) is 66.7 Å². The van der Waals surface area contributed by atoms with E-state index in [2.05, 4.69) is 51.9 Å². The topological polar surface area (TPSA) is 62.2 Å². The highest BCUT2D eigenvalue weighted by molar-refractivity contribution is 7.80. The first-order valence-electron chi connectivity index (χ1n) is 12.6. The van der Waals surface area contributed by atoms with E-state index in [4.69, 9.17) is 23.8 Å². The summed E-state index contributed by atoms with van der Waals surface area (Å²) in [7, 11) is 0. The Hall–Kier alpha value is -3.68. The molecule has 194 valence electrons. The minimum absolute atomic E-state index is 0.0554. The van der Waals surface area contributed by atoms with Crippen LogP contribution in [-0.4, -0.2) is 32.0 Å². The summed E-state index contributed by atoms with van der Waals surface area (Å²) in [6, 6.07) is 23.0. The Bertz CT molecular complexity index is 1470. The monoisotopic (exact) mass is 543 g/mol. The standard InChI is InChI=1S/C30H30ClN5OS/c1-19-20(2)36(24-13-9-10-22(31)18-24)21(3)27(19)29-28(25-14-7-8-16-32-25)34-30(38)35(29)17-15-26(37)33-23-11-5-4-6-12-23/h4-14,16,18,28-29H,15,17H2,1-3H3,(H,33,37)(H,34,38)/t28-,29+/m1/s1. The number of benzene rings is 2. The summed E-state index contributed by atoms with van der Waals surface area (Å²) < 4.78 is 2.24. The van der Waals surface area contributed by atoms with Crippen molar-refractivity contribution in [2.45, 2.75) is 39.3 Å². The fourth-order valence-corrected chi connectivity index (χ4v) is 5.89. The Balaban J connectivity index is 1.52. The van der Waals surface area contributed by atoms with Crippen molar-refractivity contribution in [3.05, 3.63) is 112 Å². The van der Waals surface area contributed by atoms with Gasteiger partial charge in [0.15, 0.2) is 5.11 Å². The molecule has 5 rings (SSSR count). The highest BCUT2D eigenvalue weighted by atomic mass is 35.5. The van der Waals surface area contributed by atoms with E-state index in [9.17, 15) is 4.79 Å². The van der Waals surface area contributed by atoms with Crippen molar-refractivity contribution in [2.24, 2.45) is 0 Å². The summed E-state index contributed by atoms with van der Waals surface area (Å²) >= 11 is 12.2. The van der Waals surface area contributed by atoms with Gasteiger partial charge in [0.1, 0.15) is 0 Å². The molecule has 2 atom stereocenters. The Kier molecular flexibility index (Phi) is 7.49. The molecule has 1 aliphatic heterocycles. The number of anilines is 1. The molecule has 0 saturated carbocycles. The molecule has 1 amide bonds. The molecule has 0 spiro atoms. The summed E-state index contributed by atoms with van der Waals surface area (Å²) in [4.78, 5) is 19.6. The van der Waals surface area contributed by atoms with Gasteiger partial charge in [-0.1, -0.05) is 41.9 Å². The van der Waals surface area contributed by atoms with Crippen LogP contribution in [0.25, 0.3) is 5.69 Å². The number of carbonyl (C=O) groups is 1. The predicted molar refractivity (Wildman–Crippen MR) is 157 cm³/mol.